The van der Waals surface area contributed by atoms with Gasteiger partial charge in [0.25, 0.3) is 0 Å². The molecule has 3 heteroatoms. The lowest BCUT2D eigenvalue weighted by molar-refractivity contribution is 0.485. The highest BCUT2D eigenvalue weighted by atomic mass is 15.1. The Labute approximate surface area is 72.7 Å². The van der Waals surface area contributed by atoms with Crippen LogP contribution < -0.4 is 0 Å². The first-order chi connectivity index (χ1) is 5.79. The lowest BCUT2D eigenvalue weighted by Crippen LogP contribution is -2.07. The monoisotopic (exact) mass is 163 g/mol. The summed E-state index contributed by atoms with van der Waals surface area (Å²) in [4.78, 5) is 4.12. The Morgan fingerprint density at radius 2 is 2.50 bits per heavy atom. The van der Waals surface area contributed by atoms with Crippen molar-refractivity contribution in [2.45, 2.75) is 32.7 Å². The molecule has 0 N–H and O–H groups in total. The minimum Gasteiger partial charge on any atom is -0.331 e. The zero-order valence-corrected chi connectivity index (χ0v) is 7.49. The van der Waals surface area contributed by atoms with E-state index in [-0.39, 0.29) is 6.04 Å². The van der Waals surface area contributed by atoms with E-state index in [0.29, 0.717) is 6.42 Å². The molecule has 0 aliphatic rings. The Bertz CT molecular complexity index is 282. The summed E-state index contributed by atoms with van der Waals surface area (Å²) in [6.45, 7) is 4.04. The van der Waals surface area contributed by atoms with E-state index >= 15 is 0 Å². The summed E-state index contributed by atoms with van der Waals surface area (Å²) in [5.74, 6) is 0.983. The third kappa shape index (κ3) is 1.65. The summed E-state index contributed by atoms with van der Waals surface area (Å²) >= 11 is 0. The van der Waals surface area contributed by atoms with Crippen LogP contribution in [0.1, 0.15) is 31.6 Å². The van der Waals surface area contributed by atoms with E-state index < -0.39 is 0 Å². The molecule has 1 heterocycles. The van der Waals surface area contributed by atoms with E-state index in [4.69, 9.17) is 5.26 Å². The average Bonchev–Trinajstić information content (AvgIpc) is 2.47. The van der Waals surface area contributed by atoms with Gasteiger partial charge in [0.2, 0.25) is 0 Å². The predicted molar refractivity (Wildman–Crippen MR) is 46.5 cm³/mol. The smallest absolute Gasteiger partial charge is 0.105 e. The fourth-order valence-corrected chi connectivity index (χ4v) is 1.32. The summed E-state index contributed by atoms with van der Waals surface area (Å²) in [5.41, 5.74) is 0. The van der Waals surface area contributed by atoms with Gasteiger partial charge in [0, 0.05) is 18.4 Å². The van der Waals surface area contributed by atoms with Gasteiger partial charge in [0.15, 0.2) is 0 Å². The van der Waals surface area contributed by atoms with E-state index in [2.05, 4.69) is 22.5 Å². The van der Waals surface area contributed by atoms with Crippen LogP contribution in [-0.4, -0.2) is 9.55 Å². The van der Waals surface area contributed by atoms with E-state index in [9.17, 15) is 0 Å². The first-order valence-electron chi connectivity index (χ1n) is 4.16. The van der Waals surface area contributed by atoms with E-state index in [1.165, 1.54) is 0 Å². The van der Waals surface area contributed by atoms with Gasteiger partial charge in [-0.15, -0.1) is 0 Å². The van der Waals surface area contributed by atoms with E-state index in [1.54, 1.807) is 6.20 Å². The van der Waals surface area contributed by atoms with E-state index in [1.807, 2.05) is 13.1 Å². The Hall–Kier alpha value is -1.30. The zero-order chi connectivity index (χ0) is 8.97. The van der Waals surface area contributed by atoms with Crippen molar-refractivity contribution in [3.05, 3.63) is 18.2 Å². The van der Waals surface area contributed by atoms with Crippen LogP contribution in [0, 0.1) is 18.3 Å². The summed E-state index contributed by atoms with van der Waals surface area (Å²) in [6, 6.07) is 2.47. The van der Waals surface area contributed by atoms with Gasteiger partial charge in [-0.2, -0.15) is 5.26 Å². The molecule has 0 amide bonds. The SMILES string of the molecule is CCC(CC#N)n1ccnc1C. The molecule has 1 aromatic rings. The van der Waals surface area contributed by atoms with Crippen molar-refractivity contribution in [1.82, 2.24) is 9.55 Å². The van der Waals surface area contributed by atoms with Gasteiger partial charge >= 0.3 is 0 Å². The second kappa shape index (κ2) is 3.91. The van der Waals surface area contributed by atoms with Crippen molar-refractivity contribution in [2.75, 3.05) is 0 Å². The molecule has 0 saturated heterocycles. The van der Waals surface area contributed by atoms with Crippen LogP contribution in [0.5, 0.6) is 0 Å². The first kappa shape index (κ1) is 8.79. The quantitative estimate of drug-likeness (QED) is 0.684. The van der Waals surface area contributed by atoms with Crippen LogP contribution in [0.25, 0.3) is 0 Å². The Morgan fingerprint density at radius 1 is 1.75 bits per heavy atom. The number of aryl methyl sites for hydroxylation is 1. The van der Waals surface area contributed by atoms with Gasteiger partial charge in [-0.05, 0) is 13.3 Å². The van der Waals surface area contributed by atoms with Gasteiger partial charge in [-0.1, -0.05) is 6.92 Å². The highest BCUT2D eigenvalue weighted by Gasteiger charge is 2.08. The lowest BCUT2D eigenvalue weighted by atomic mass is 10.1. The highest BCUT2D eigenvalue weighted by molar-refractivity contribution is 4.94. The maximum absolute atomic E-state index is 8.57. The normalized spacial score (nSPS) is 12.4. The molecule has 12 heavy (non-hydrogen) atoms. The Kier molecular flexibility index (Phi) is 2.87. The van der Waals surface area contributed by atoms with Crippen LogP contribution in [-0.2, 0) is 0 Å². The maximum Gasteiger partial charge on any atom is 0.105 e. The van der Waals surface area contributed by atoms with Gasteiger partial charge in [-0.3, -0.25) is 0 Å². The second-order valence-electron chi connectivity index (χ2n) is 2.81. The molecule has 0 aromatic carbocycles. The highest BCUT2D eigenvalue weighted by Crippen LogP contribution is 2.16. The number of nitriles is 1. The molecule has 64 valence electrons. The third-order valence-corrected chi connectivity index (χ3v) is 2.05. The van der Waals surface area contributed by atoms with Crippen molar-refractivity contribution in [3.8, 4) is 6.07 Å². The van der Waals surface area contributed by atoms with Crippen molar-refractivity contribution in [1.29, 1.82) is 5.26 Å². The number of imidazole rings is 1. The molecule has 0 spiro atoms. The largest absolute Gasteiger partial charge is 0.331 e. The van der Waals surface area contributed by atoms with Crippen LogP contribution in [0.4, 0.5) is 0 Å². The van der Waals surface area contributed by atoms with Gasteiger partial charge in [-0.25, -0.2) is 4.98 Å². The minimum absolute atomic E-state index is 0.289. The van der Waals surface area contributed by atoms with Crippen LogP contribution in [0.15, 0.2) is 12.4 Å². The Balaban J connectivity index is 2.81. The molecular weight excluding hydrogens is 150 g/mol. The molecule has 0 aliphatic heterocycles. The summed E-state index contributed by atoms with van der Waals surface area (Å²) in [5, 5.41) is 8.57. The maximum atomic E-state index is 8.57. The Morgan fingerprint density at radius 3 is 2.92 bits per heavy atom. The summed E-state index contributed by atoms with van der Waals surface area (Å²) in [6.07, 6.45) is 5.24. The number of aromatic nitrogens is 2. The molecule has 0 aliphatic carbocycles. The van der Waals surface area contributed by atoms with Crippen molar-refractivity contribution in [2.24, 2.45) is 0 Å². The molecule has 1 atom stereocenters. The molecular formula is C9H13N3. The van der Waals surface area contributed by atoms with Gasteiger partial charge in [0.05, 0.1) is 12.5 Å². The van der Waals surface area contributed by atoms with Crippen LogP contribution >= 0.6 is 0 Å². The van der Waals surface area contributed by atoms with Gasteiger partial charge in [0.1, 0.15) is 5.82 Å². The number of nitrogens with zero attached hydrogens (tertiary/aromatic N) is 3. The summed E-state index contributed by atoms with van der Waals surface area (Å²) < 4.78 is 2.06. The molecule has 1 aromatic heterocycles. The standard InChI is InChI=1S/C9H13N3/c1-3-9(4-5-10)12-7-6-11-8(12)2/h6-7,9H,3-4H2,1-2H3. The van der Waals surface area contributed by atoms with Crippen molar-refractivity contribution >= 4 is 0 Å². The average molecular weight is 163 g/mol. The molecule has 1 rings (SSSR count). The molecule has 0 saturated carbocycles. The third-order valence-electron chi connectivity index (χ3n) is 2.05. The minimum atomic E-state index is 0.289. The topological polar surface area (TPSA) is 41.6 Å². The molecule has 0 radical (unpaired) electrons. The number of hydrogen-bond acceptors (Lipinski definition) is 2. The fraction of sp³-hybridized carbons (Fsp3) is 0.556. The number of rotatable bonds is 3. The van der Waals surface area contributed by atoms with E-state index in [0.717, 1.165) is 12.2 Å². The summed E-state index contributed by atoms with van der Waals surface area (Å²) in [7, 11) is 0. The molecule has 1 unspecified atom stereocenters. The van der Waals surface area contributed by atoms with Crippen molar-refractivity contribution < 1.29 is 0 Å². The molecule has 0 fully saturated rings. The van der Waals surface area contributed by atoms with Crippen LogP contribution in [0.2, 0.25) is 0 Å². The number of hydrogen-bond donors (Lipinski definition) is 0. The predicted octanol–water partition coefficient (Wildman–Crippen LogP) is 2.06. The molecule has 3 nitrogen and oxygen atoms in total. The first-order valence-corrected chi connectivity index (χ1v) is 4.16. The lowest BCUT2D eigenvalue weighted by Gasteiger charge is -2.14. The van der Waals surface area contributed by atoms with Gasteiger partial charge < -0.3 is 4.57 Å². The molecule has 0 bridgehead atoms. The fourth-order valence-electron chi connectivity index (χ4n) is 1.32. The van der Waals surface area contributed by atoms with Crippen LogP contribution in [0.3, 0.4) is 0 Å². The zero-order valence-electron chi connectivity index (χ0n) is 7.49. The second-order valence-corrected chi connectivity index (χ2v) is 2.81. The van der Waals surface area contributed by atoms with Crippen molar-refractivity contribution in [3.63, 3.8) is 0 Å².